The summed E-state index contributed by atoms with van der Waals surface area (Å²) in [6, 6.07) is 2.21. The van der Waals surface area contributed by atoms with Gasteiger partial charge in [0.25, 0.3) is 0 Å². The lowest BCUT2D eigenvalue weighted by Gasteiger charge is -2.28. The molecule has 0 aliphatic carbocycles. The van der Waals surface area contributed by atoms with E-state index in [1.807, 2.05) is 0 Å². The molecule has 0 aliphatic heterocycles. The van der Waals surface area contributed by atoms with Gasteiger partial charge in [0.15, 0.2) is 0 Å². The van der Waals surface area contributed by atoms with Crippen LogP contribution in [0, 0.1) is 0 Å². The number of pyridine rings is 1. The standard InChI is InChI=1S/C12H14F3N3O3/c1-11(9(19)20,12(13,14)15)18-10(21)17-6-4-8-3-2-5-16-7-8/h2-3,5,7H,4,6H2,1H3,(H,19,20)(H2,17,18,21). The Balaban J connectivity index is 2.54. The van der Waals surface area contributed by atoms with Crippen molar-refractivity contribution in [1.82, 2.24) is 15.6 Å². The zero-order valence-corrected chi connectivity index (χ0v) is 11.1. The monoisotopic (exact) mass is 305 g/mol. The average Bonchev–Trinajstić information content (AvgIpc) is 2.38. The van der Waals surface area contributed by atoms with E-state index in [-0.39, 0.29) is 6.54 Å². The maximum atomic E-state index is 12.7. The van der Waals surface area contributed by atoms with Crippen molar-refractivity contribution in [1.29, 1.82) is 0 Å². The second-order valence-electron chi connectivity index (χ2n) is 4.42. The van der Waals surface area contributed by atoms with E-state index in [0.717, 1.165) is 5.56 Å². The molecule has 6 nitrogen and oxygen atoms in total. The normalized spacial score (nSPS) is 14.1. The second-order valence-corrected chi connectivity index (χ2v) is 4.42. The van der Waals surface area contributed by atoms with Crippen LogP contribution in [0.15, 0.2) is 24.5 Å². The average molecular weight is 305 g/mol. The summed E-state index contributed by atoms with van der Waals surface area (Å²) in [6.07, 6.45) is -1.64. The number of urea groups is 1. The van der Waals surface area contributed by atoms with Gasteiger partial charge in [0.1, 0.15) is 0 Å². The molecule has 1 rings (SSSR count). The van der Waals surface area contributed by atoms with Crippen LogP contribution in [-0.4, -0.2) is 40.4 Å². The van der Waals surface area contributed by atoms with Crippen LogP contribution in [0.25, 0.3) is 0 Å². The molecular formula is C12H14F3N3O3. The molecule has 0 aromatic carbocycles. The van der Waals surface area contributed by atoms with E-state index in [1.54, 1.807) is 24.5 Å². The molecule has 2 amide bonds. The summed E-state index contributed by atoms with van der Waals surface area (Å²) in [5.41, 5.74) is -2.56. The number of amides is 2. The van der Waals surface area contributed by atoms with Crippen LogP contribution in [0.2, 0.25) is 0 Å². The molecule has 0 radical (unpaired) electrons. The van der Waals surface area contributed by atoms with Crippen LogP contribution in [0.4, 0.5) is 18.0 Å². The smallest absolute Gasteiger partial charge is 0.422 e. The summed E-state index contributed by atoms with van der Waals surface area (Å²) in [5.74, 6) is -2.18. The van der Waals surface area contributed by atoms with Crippen LogP contribution >= 0.6 is 0 Å². The van der Waals surface area contributed by atoms with E-state index in [1.165, 1.54) is 5.32 Å². The molecule has 1 heterocycles. The predicted molar refractivity (Wildman–Crippen MR) is 66.6 cm³/mol. The Morgan fingerprint density at radius 1 is 1.38 bits per heavy atom. The number of aliphatic carboxylic acids is 1. The molecule has 0 saturated carbocycles. The molecule has 1 aromatic rings. The molecule has 9 heteroatoms. The van der Waals surface area contributed by atoms with Crippen LogP contribution in [0.1, 0.15) is 12.5 Å². The van der Waals surface area contributed by atoms with Gasteiger partial charge >= 0.3 is 18.2 Å². The molecule has 0 saturated heterocycles. The van der Waals surface area contributed by atoms with Crippen molar-refractivity contribution in [3.05, 3.63) is 30.1 Å². The van der Waals surface area contributed by atoms with Crippen molar-refractivity contribution in [3.63, 3.8) is 0 Å². The highest BCUT2D eigenvalue weighted by Gasteiger charge is 2.58. The second kappa shape index (κ2) is 6.42. The third kappa shape index (κ3) is 4.33. The van der Waals surface area contributed by atoms with Crippen LogP contribution in [0.3, 0.4) is 0 Å². The lowest BCUT2D eigenvalue weighted by Crippen LogP contribution is -2.63. The quantitative estimate of drug-likeness (QED) is 0.765. The van der Waals surface area contributed by atoms with Gasteiger partial charge in [0.05, 0.1) is 0 Å². The maximum absolute atomic E-state index is 12.7. The largest absolute Gasteiger partial charge is 0.479 e. The van der Waals surface area contributed by atoms with Crippen molar-refractivity contribution in [2.24, 2.45) is 0 Å². The topological polar surface area (TPSA) is 91.3 Å². The van der Waals surface area contributed by atoms with E-state index in [0.29, 0.717) is 13.3 Å². The Morgan fingerprint density at radius 3 is 2.52 bits per heavy atom. The molecule has 0 aliphatic rings. The Hall–Kier alpha value is -2.32. The number of rotatable bonds is 5. The first-order valence-electron chi connectivity index (χ1n) is 5.92. The number of aromatic nitrogens is 1. The maximum Gasteiger partial charge on any atom is 0.422 e. The molecular weight excluding hydrogens is 291 g/mol. The summed E-state index contributed by atoms with van der Waals surface area (Å²) in [6.45, 7) is 0.432. The lowest BCUT2D eigenvalue weighted by atomic mass is 10.0. The predicted octanol–water partition coefficient (Wildman–Crippen LogP) is 1.33. The summed E-state index contributed by atoms with van der Waals surface area (Å²) in [5, 5.41) is 12.3. The number of carboxylic acid groups (broad SMARTS) is 1. The molecule has 21 heavy (non-hydrogen) atoms. The number of nitrogens with zero attached hydrogens (tertiary/aromatic N) is 1. The first-order chi connectivity index (χ1) is 9.67. The van der Waals surface area contributed by atoms with Crippen molar-refractivity contribution < 1.29 is 27.9 Å². The van der Waals surface area contributed by atoms with Crippen molar-refractivity contribution in [2.75, 3.05) is 6.54 Å². The number of hydrogen-bond acceptors (Lipinski definition) is 3. The summed E-state index contributed by atoms with van der Waals surface area (Å²) >= 11 is 0. The van der Waals surface area contributed by atoms with Crippen molar-refractivity contribution >= 4 is 12.0 Å². The Bertz CT molecular complexity index is 507. The third-order valence-electron chi connectivity index (χ3n) is 2.78. The number of halogens is 3. The minimum atomic E-state index is -5.11. The molecule has 116 valence electrons. The molecule has 0 bridgehead atoms. The zero-order valence-electron chi connectivity index (χ0n) is 11.1. The summed E-state index contributed by atoms with van der Waals surface area (Å²) in [7, 11) is 0. The first kappa shape index (κ1) is 16.7. The zero-order chi connectivity index (χ0) is 16.1. The summed E-state index contributed by atoms with van der Waals surface area (Å²) in [4.78, 5) is 26.0. The first-order valence-corrected chi connectivity index (χ1v) is 5.92. The fourth-order valence-electron chi connectivity index (χ4n) is 1.38. The number of carbonyl (C=O) groups excluding carboxylic acids is 1. The van der Waals surface area contributed by atoms with E-state index in [2.05, 4.69) is 10.3 Å². The van der Waals surface area contributed by atoms with Crippen LogP contribution < -0.4 is 10.6 Å². The SMILES string of the molecule is CC(NC(=O)NCCc1cccnc1)(C(=O)O)C(F)(F)F. The van der Waals surface area contributed by atoms with Gasteiger partial charge in [-0.25, -0.2) is 9.59 Å². The van der Waals surface area contributed by atoms with E-state index in [4.69, 9.17) is 5.11 Å². The minimum absolute atomic E-state index is 0.0467. The Labute approximate surface area is 118 Å². The van der Waals surface area contributed by atoms with Crippen LogP contribution in [-0.2, 0) is 11.2 Å². The van der Waals surface area contributed by atoms with Gasteiger partial charge in [-0.15, -0.1) is 0 Å². The molecule has 3 N–H and O–H groups in total. The van der Waals surface area contributed by atoms with Gasteiger partial charge in [-0.3, -0.25) is 4.98 Å². The molecule has 0 spiro atoms. The van der Waals surface area contributed by atoms with Gasteiger partial charge in [-0.1, -0.05) is 6.07 Å². The van der Waals surface area contributed by atoms with Gasteiger partial charge in [-0.2, -0.15) is 13.2 Å². The van der Waals surface area contributed by atoms with E-state index >= 15 is 0 Å². The van der Waals surface area contributed by atoms with E-state index < -0.39 is 23.7 Å². The highest BCUT2D eigenvalue weighted by molar-refractivity contribution is 5.86. The van der Waals surface area contributed by atoms with E-state index in [9.17, 15) is 22.8 Å². The fraction of sp³-hybridized carbons (Fsp3) is 0.417. The molecule has 1 atom stereocenters. The highest BCUT2D eigenvalue weighted by Crippen LogP contribution is 2.30. The lowest BCUT2D eigenvalue weighted by molar-refractivity contribution is -0.203. The third-order valence-corrected chi connectivity index (χ3v) is 2.78. The number of carbonyl (C=O) groups is 2. The number of carboxylic acids is 1. The van der Waals surface area contributed by atoms with Gasteiger partial charge in [0, 0.05) is 18.9 Å². The number of alkyl halides is 3. The highest BCUT2D eigenvalue weighted by atomic mass is 19.4. The molecule has 1 aromatic heterocycles. The van der Waals surface area contributed by atoms with Crippen molar-refractivity contribution in [2.45, 2.75) is 25.1 Å². The molecule has 0 fully saturated rings. The number of nitrogens with one attached hydrogen (secondary N) is 2. The minimum Gasteiger partial charge on any atom is -0.479 e. The summed E-state index contributed by atoms with van der Waals surface area (Å²) < 4.78 is 38.0. The fourth-order valence-corrected chi connectivity index (χ4v) is 1.38. The van der Waals surface area contributed by atoms with Gasteiger partial charge in [0.2, 0.25) is 5.54 Å². The number of hydrogen-bond donors (Lipinski definition) is 3. The molecule has 1 unspecified atom stereocenters. The Morgan fingerprint density at radius 2 is 2.05 bits per heavy atom. The van der Waals surface area contributed by atoms with Gasteiger partial charge in [-0.05, 0) is 25.0 Å². The van der Waals surface area contributed by atoms with Crippen molar-refractivity contribution in [3.8, 4) is 0 Å². The van der Waals surface area contributed by atoms with Gasteiger partial charge < -0.3 is 15.7 Å². The Kier molecular flexibility index (Phi) is 5.12. The van der Waals surface area contributed by atoms with Crippen LogP contribution in [0.5, 0.6) is 0 Å².